The maximum absolute atomic E-state index is 6.07. The van der Waals surface area contributed by atoms with Crippen LogP contribution in [0, 0.1) is 5.92 Å². The summed E-state index contributed by atoms with van der Waals surface area (Å²) in [6.07, 6.45) is 5.37. The van der Waals surface area contributed by atoms with Crippen molar-refractivity contribution in [3.8, 4) is 0 Å². The first-order valence-electron chi connectivity index (χ1n) is 6.81. The zero-order chi connectivity index (χ0) is 13.7. The number of rotatable bonds is 5. The van der Waals surface area contributed by atoms with Crippen molar-refractivity contribution in [3.05, 3.63) is 11.2 Å². The Morgan fingerprint density at radius 3 is 2.84 bits per heavy atom. The second-order valence-electron chi connectivity index (χ2n) is 5.10. The molecule has 1 saturated heterocycles. The first-order chi connectivity index (χ1) is 9.19. The molecule has 6 heteroatoms. The summed E-state index contributed by atoms with van der Waals surface area (Å²) in [5.41, 5.74) is 0. The summed E-state index contributed by atoms with van der Waals surface area (Å²) in [4.78, 5) is 10.8. The van der Waals surface area contributed by atoms with Gasteiger partial charge in [-0.2, -0.15) is 4.98 Å². The van der Waals surface area contributed by atoms with Crippen LogP contribution in [-0.2, 0) is 0 Å². The van der Waals surface area contributed by atoms with Gasteiger partial charge in [0, 0.05) is 13.6 Å². The number of piperidine rings is 1. The second-order valence-corrected chi connectivity index (χ2v) is 5.51. The van der Waals surface area contributed by atoms with Crippen molar-refractivity contribution in [2.24, 2.45) is 5.92 Å². The molecule has 1 fully saturated rings. The predicted octanol–water partition coefficient (Wildman–Crippen LogP) is 2.32. The van der Waals surface area contributed by atoms with Gasteiger partial charge in [0.15, 0.2) is 0 Å². The van der Waals surface area contributed by atoms with Gasteiger partial charge >= 0.3 is 0 Å². The molecule has 0 unspecified atom stereocenters. The highest BCUT2D eigenvalue weighted by atomic mass is 35.5. The summed E-state index contributed by atoms with van der Waals surface area (Å²) >= 11 is 6.07. The maximum atomic E-state index is 6.07. The van der Waals surface area contributed by atoms with Crippen molar-refractivity contribution in [1.82, 2.24) is 14.9 Å². The number of halogens is 1. The Hall–Kier alpha value is -1.07. The number of hydrogen-bond acceptors (Lipinski definition) is 5. The minimum absolute atomic E-state index is 0.572. The van der Waals surface area contributed by atoms with E-state index in [0.29, 0.717) is 16.8 Å². The van der Waals surface area contributed by atoms with Gasteiger partial charge in [0.1, 0.15) is 10.8 Å². The van der Waals surface area contributed by atoms with E-state index in [1.165, 1.54) is 32.4 Å². The summed E-state index contributed by atoms with van der Waals surface area (Å²) in [5.74, 6) is 2.12. The van der Waals surface area contributed by atoms with E-state index < -0.39 is 0 Å². The fourth-order valence-corrected chi connectivity index (χ4v) is 2.51. The number of nitrogens with one attached hydrogen (secondary N) is 2. The maximum Gasteiger partial charge on any atom is 0.224 e. The quantitative estimate of drug-likeness (QED) is 0.869. The fraction of sp³-hybridized carbons (Fsp3) is 0.692. The van der Waals surface area contributed by atoms with Crippen molar-refractivity contribution < 1.29 is 0 Å². The molecule has 0 atom stereocenters. The Morgan fingerprint density at radius 2 is 2.16 bits per heavy atom. The summed E-state index contributed by atoms with van der Waals surface area (Å²) in [6, 6.07) is 0. The van der Waals surface area contributed by atoms with E-state index in [-0.39, 0.29) is 0 Å². The predicted molar refractivity (Wildman–Crippen MR) is 79.9 cm³/mol. The SMILES string of the molecule is CNc1ncc(Cl)c(NCCC2CCN(C)CC2)n1. The van der Waals surface area contributed by atoms with Crippen LogP contribution in [0.3, 0.4) is 0 Å². The normalized spacial score (nSPS) is 17.4. The first kappa shape index (κ1) is 14.3. The Bertz CT molecular complexity index is 404. The van der Waals surface area contributed by atoms with Crippen LogP contribution in [0.4, 0.5) is 11.8 Å². The third-order valence-corrected chi connectivity index (χ3v) is 3.93. The van der Waals surface area contributed by atoms with E-state index in [4.69, 9.17) is 11.6 Å². The van der Waals surface area contributed by atoms with Crippen molar-refractivity contribution in [2.45, 2.75) is 19.3 Å². The van der Waals surface area contributed by atoms with Gasteiger partial charge in [-0.15, -0.1) is 0 Å². The van der Waals surface area contributed by atoms with Crippen molar-refractivity contribution in [3.63, 3.8) is 0 Å². The van der Waals surface area contributed by atoms with Crippen LogP contribution in [0.5, 0.6) is 0 Å². The van der Waals surface area contributed by atoms with Crippen LogP contribution in [0.25, 0.3) is 0 Å². The van der Waals surface area contributed by atoms with E-state index >= 15 is 0 Å². The van der Waals surface area contributed by atoms with Crippen LogP contribution in [-0.4, -0.2) is 48.6 Å². The molecular weight excluding hydrogens is 262 g/mol. The number of nitrogens with zero attached hydrogens (tertiary/aromatic N) is 3. The van der Waals surface area contributed by atoms with Gasteiger partial charge in [-0.25, -0.2) is 4.98 Å². The smallest absolute Gasteiger partial charge is 0.224 e. The molecule has 5 nitrogen and oxygen atoms in total. The summed E-state index contributed by atoms with van der Waals surface area (Å²) in [5, 5.41) is 6.79. The third kappa shape index (κ3) is 4.21. The molecule has 1 aliphatic heterocycles. The minimum atomic E-state index is 0.572. The number of anilines is 2. The lowest BCUT2D eigenvalue weighted by Crippen LogP contribution is -2.30. The molecule has 0 spiro atoms. The fourth-order valence-electron chi connectivity index (χ4n) is 2.36. The Labute approximate surface area is 119 Å². The van der Waals surface area contributed by atoms with Gasteiger partial charge in [0.25, 0.3) is 0 Å². The highest BCUT2D eigenvalue weighted by Crippen LogP contribution is 2.22. The van der Waals surface area contributed by atoms with E-state index in [2.05, 4.69) is 32.5 Å². The minimum Gasteiger partial charge on any atom is -0.369 e. The molecule has 0 bridgehead atoms. The molecule has 19 heavy (non-hydrogen) atoms. The van der Waals surface area contributed by atoms with Gasteiger partial charge < -0.3 is 15.5 Å². The standard InChI is InChI=1S/C13H22ClN5/c1-15-13-17-9-11(14)12(18-13)16-6-3-10-4-7-19(2)8-5-10/h9-10H,3-8H2,1-2H3,(H2,15,16,17,18). The lowest BCUT2D eigenvalue weighted by atomic mass is 9.94. The average molecular weight is 284 g/mol. The summed E-state index contributed by atoms with van der Waals surface area (Å²) in [7, 11) is 3.99. The molecule has 1 aromatic rings. The molecule has 106 valence electrons. The lowest BCUT2D eigenvalue weighted by molar-refractivity contribution is 0.215. The van der Waals surface area contributed by atoms with Gasteiger partial charge in [-0.3, -0.25) is 0 Å². The molecular formula is C13H22ClN5. The van der Waals surface area contributed by atoms with Crippen LogP contribution in [0.15, 0.2) is 6.20 Å². The molecule has 2 rings (SSSR count). The number of aromatic nitrogens is 2. The summed E-state index contributed by atoms with van der Waals surface area (Å²) in [6.45, 7) is 3.33. The molecule has 1 aromatic heterocycles. The van der Waals surface area contributed by atoms with E-state index in [1.54, 1.807) is 13.2 Å². The molecule has 2 heterocycles. The molecule has 1 aliphatic rings. The Kier molecular flexibility index (Phi) is 5.22. The molecule has 2 N–H and O–H groups in total. The number of hydrogen-bond donors (Lipinski definition) is 2. The van der Waals surface area contributed by atoms with Crippen molar-refractivity contribution >= 4 is 23.4 Å². The Morgan fingerprint density at radius 1 is 1.42 bits per heavy atom. The molecule has 0 aromatic carbocycles. The van der Waals surface area contributed by atoms with E-state index in [0.717, 1.165) is 12.5 Å². The van der Waals surface area contributed by atoms with Gasteiger partial charge in [-0.1, -0.05) is 11.6 Å². The highest BCUT2D eigenvalue weighted by Gasteiger charge is 2.16. The summed E-state index contributed by atoms with van der Waals surface area (Å²) < 4.78 is 0. The average Bonchev–Trinajstić information content (AvgIpc) is 2.43. The molecule has 0 amide bonds. The Balaban J connectivity index is 1.79. The third-order valence-electron chi connectivity index (χ3n) is 3.65. The molecule has 0 radical (unpaired) electrons. The van der Waals surface area contributed by atoms with Crippen molar-refractivity contribution in [1.29, 1.82) is 0 Å². The molecule has 0 aliphatic carbocycles. The molecule has 0 saturated carbocycles. The number of likely N-dealkylation sites (tertiary alicyclic amines) is 1. The van der Waals surface area contributed by atoms with Gasteiger partial charge in [-0.05, 0) is 45.3 Å². The monoisotopic (exact) mass is 283 g/mol. The zero-order valence-electron chi connectivity index (χ0n) is 11.6. The largest absolute Gasteiger partial charge is 0.369 e. The highest BCUT2D eigenvalue weighted by molar-refractivity contribution is 6.32. The van der Waals surface area contributed by atoms with E-state index in [1.807, 2.05) is 0 Å². The van der Waals surface area contributed by atoms with Gasteiger partial charge in [0.05, 0.1) is 6.20 Å². The van der Waals surface area contributed by atoms with Crippen molar-refractivity contribution in [2.75, 3.05) is 44.4 Å². The zero-order valence-corrected chi connectivity index (χ0v) is 12.4. The van der Waals surface area contributed by atoms with Crippen LogP contribution in [0.1, 0.15) is 19.3 Å². The van der Waals surface area contributed by atoms with Crippen LogP contribution < -0.4 is 10.6 Å². The van der Waals surface area contributed by atoms with Crippen LogP contribution >= 0.6 is 11.6 Å². The first-order valence-corrected chi connectivity index (χ1v) is 7.19. The van der Waals surface area contributed by atoms with Crippen LogP contribution in [0.2, 0.25) is 5.02 Å². The topological polar surface area (TPSA) is 53.1 Å². The van der Waals surface area contributed by atoms with E-state index in [9.17, 15) is 0 Å². The lowest BCUT2D eigenvalue weighted by Gasteiger charge is -2.28. The van der Waals surface area contributed by atoms with Gasteiger partial charge in [0.2, 0.25) is 5.95 Å². The second kappa shape index (κ2) is 6.91.